The Hall–Kier alpha value is -1.46. The van der Waals surface area contributed by atoms with E-state index in [9.17, 15) is 0 Å². The molecule has 0 amide bonds. The zero-order valence-electron chi connectivity index (χ0n) is 8.54. The summed E-state index contributed by atoms with van der Waals surface area (Å²) in [5.74, 6) is 5.50. The van der Waals surface area contributed by atoms with Gasteiger partial charge in [-0.3, -0.25) is 0 Å². The molecule has 1 aromatic carbocycles. The third-order valence-electron chi connectivity index (χ3n) is 1.94. The highest BCUT2D eigenvalue weighted by atomic mass is 16.3. The smallest absolute Gasteiger partial charge is 0.112 e. The van der Waals surface area contributed by atoms with Gasteiger partial charge in [-0.15, -0.1) is 0 Å². The Kier molecular flexibility index (Phi) is 3.55. The summed E-state index contributed by atoms with van der Waals surface area (Å²) in [5, 5.41) is 8.99. The third-order valence-corrected chi connectivity index (χ3v) is 1.94. The van der Waals surface area contributed by atoms with Crippen LogP contribution in [0.25, 0.3) is 0 Å². The van der Waals surface area contributed by atoms with Crippen molar-refractivity contribution in [1.29, 1.82) is 0 Å². The fourth-order valence-corrected chi connectivity index (χ4v) is 1.13. The van der Waals surface area contributed by atoms with Crippen LogP contribution < -0.4 is 5.73 Å². The van der Waals surface area contributed by atoms with Gasteiger partial charge in [-0.25, -0.2) is 0 Å². The summed E-state index contributed by atoms with van der Waals surface area (Å²) in [6.07, 6.45) is 0.356. The van der Waals surface area contributed by atoms with Crippen LogP contribution in [0.4, 0.5) is 5.69 Å². The lowest BCUT2D eigenvalue weighted by atomic mass is 10.1. The van der Waals surface area contributed by atoms with Gasteiger partial charge in [0.1, 0.15) is 6.10 Å². The largest absolute Gasteiger partial charge is 0.398 e. The molecule has 1 rings (SSSR count). The first-order valence-corrected chi connectivity index (χ1v) is 4.71. The molecule has 0 bridgehead atoms. The lowest BCUT2D eigenvalue weighted by molar-refractivity contribution is 0.253. The highest BCUT2D eigenvalue weighted by Gasteiger charge is 1.96. The number of hydrogen-bond donors (Lipinski definition) is 2. The fourth-order valence-electron chi connectivity index (χ4n) is 1.13. The van der Waals surface area contributed by atoms with Crippen LogP contribution >= 0.6 is 0 Å². The van der Waals surface area contributed by atoms with Gasteiger partial charge in [-0.1, -0.05) is 24.8 Å². The SMILES string of the molecule is CCc1ccc(C#CC(C)O)c(N)c1. The Morgan fingerprint density at radius 3 is 2.71 bits per heavy atom. The molecule has 0 saturated heterocycles. The molecule has 74 valence electrons. The standard InChI is InChI=1S/C12H15NO/c1-3-10-5-7-11(12(13)8-10)6-4-9(2)14/h5,7-9,14H,3,13H2,1-2H3. The molecule has 0 spiro atoms. The van der Waals surface area contributed by atoms with E-state index >= 15 is 0 Å². The van der Waals surface area contributed by atoms with Crippen LogP contribution in [-0.4, -0.2) is 11.2 Å². The first kappa shape index (κ1) is 10.6. The third kappa shape index (κ3) is 2.79. The molecule has 2 heteroatoms. The van der Waals surface area contributed by atoms with Crippen molar-refractivity contribution < 1.29 is 5.11 Å². The van der Waals surface area contributed by atoms with Crippen LogP contribution in [0.3, 0.4) is 0 Å². The Bertz CT molecular complexity index is 372. The highest BCUT2D eigenvalue weighted by Crippen LogP contribution is 2.13. The van der Waals surface area contributed by atoms with Crippen LogP contribution in [0.2, 0.25) is 0 Å². The number of benzene rings is 1. The number of aryl methyl sites for hydroxylation is 1. The molecule has 0 radical (unpaired) electrons. The molecular weight excluding hydrogens is 174 g/mol. The summed E-state index contributed by atoms with van der Waals surface area (Å²) in [7, 11) is 0. The summed E-state index contributed by atoms with van der Waals surface area (Å²) in [6.45, 7) is 3.71. The normalized spacial score (nSPS) is 11.6. The van der Waals surface area contributed by atoms with E-state index in [0.29, 0.717) is 5.69 Å². The Labute approximate surface area is 84.8 Å². The summed E-state index contributed by atoms with van der Waals surface area (Å²) in [5.41, 5.74) is 8.46. The molecule has 1 atom stereocenters. The van der Waals surface area contributed by atoms with Crippen molar-refractivity contribution in [2.75, 3.05) is 5.73 Å². The Morgan fingerprint density at radius 1 is 1.50 bits per heavy atom. The van der Waals surface area contributed by atoms with Gasteiger partial charge >= 0.3 is 0 Å². The van der Waals surface area contributed by atoms with Crippen molar-refractivity contribution >= 4 is 5.69 Å². The minimum Gasteiger partial charge on any atom is -0.398 e. The molecule has 3 N–H and O–H groups in total. The molecule has 0 aliphatic carbocycles. The molecule has 0 fully saturated rings. The van der Waals surface area contributed by atoms with Gasteiger partial charge < -0.3 is 10.8 Å². The van der Waals surface area contributed by atoms with Crippen molar-refractivity contribution in [3.8, 4) is 11.8 Å². The van der Waals surface area contributed by atoms with Gasteiger partial charge in [-0.05, 0) is 31.0 Å². The minimum absolute atomic E-state index is 0.611. The van der Waals surface area contributed by atoms with Gasteiger partial charge in [-0.2, -0.15) is 0 Å². The molecular formula is C12H15NO. The quantitative estimate of drug-likeness (QED) is 0.520. The van der Waals surface area contributed by atoms with E-state index in [2.05, 4.69) is 18.8 Å². The van der Waals surface area contributed by atoms with Crippen LogP contribution in [0.5, 0.6) is 0 Å². The van der Waals surface area contributed by atoms with E-state index in [1.165, 1.54) is 5.56 Å². The fraction of sp³-hybridized carbons (Fsp3) is 0.333. The Balaban J connectivity index is 2.96. The second kappa shape index (κ2) is 4.69. The van der Waals surface area contributed by atoms with Crippen molar-refractivity contribution in [3.63, 3.8) is 0 Å². The van der Waals surface area contributed by atoms with Gasteiger partial charge in [0.2, 0.25) is 0 Å². The summed E-state index contributed by atoms with van der Waals surface area (Å²) >= 11 is 0. The van der Waals surface area contributed by atoms with Crippen LogP contribution in [0.1, 0.15) is 25.0 Å². The van der Waals surface area contributed by atoms with E-state index in [-0.39, 0.29) is 0 Å². The predicted molar refractivity (Wildman–Crippen MR) is 58.8 cm³/mol. The predicted octanol–water partition coefficient (Wildman–Crippen LogP) is 1.56. The molecule has 0 aromatic heterocycles. The van der Waals surface area contributed by atoms with Crippen molar-refractivity contribution in [1.82, 2.24) is 0 Å². The monoisotopic (exact) mass is 189 g/mol. The molecule has 1 unspecified atom stereocenters. The highest BCUT2D eigenvalue weighted by molar-refractivity contribution is 5.57. The number of aliphatic hydroxyl groups excluding tert-OH is 1. The molecule has 1 aromatic rings. The number of nitrogens with two attached hydrogens (primary N) is 1. The molecule has 0 heterocycles. The van der Waals surface area contributed by atoms with Gasteiger partial charge in [0.25, 0.3) is 0 Å². The average molecular weight is 189 g/mol. The van der Waals surface area contributed by atoms with E-state index < -0.39 is 6.10 Å². The van der Waals surface area contributed by atoms with Crippen molar-refractivity contribution in [2.24, 2.45) is 0 Å². The van der Waals surface area contributed by atoms with Crippen LogP contribution in [-0.2, 0) is 6.42 Å². The maximum atomic E-state index is 8.99. The number of anilines is 1. The lowest BCUT2D eigenvalue weighted by Gasteiger charge is -2.01. The number of rotatable bonds is 1. The second-order valence-electron chi connectivity index (χ2n) is 3.22. The average Bonchev–Trinajstić information content (AvgIpc) is 2.15. The van der Waals surface area contributed by atoms with E-state index in [0.717, 1.165) is 12.0 Å². The molecule has 0 saturated carbocycles. The first-order chi connectivity index (χ1) is 6.63. The summed E-state index contributed by atoms with van der Waals surface area (Å²) < 4.78 is 0. The van der Waals surface area contributed by atoms with Gasteiger partial charge in [0.05, 0.1) is 0 Å². The molecule has 2 nitrogen and oxygen atoms in total. The van der Waals surface area contributed by atoms with Crippen molar-refractivity contribution in [2.45, 2.75) is 26.4 Å². The lowest BCUT2D eigenvalue weighted by Crippen LogP contribution is -1.95. The zero-order valence-corrected chi connectivity index (χ0v) is 8.54. The van der Waals surface area contributed by atoms with Gasteiger partial charge in [0, 0.05) is 11.3 Å². The zero-order chi connectivity index (χ0) is 10.6. The number of aliphatic hydroxyl groups is 1. The number of nitrogen functional groups attached to an aromatic ring is 1. The van der Waals surface area contributed by atoms with E-state index in [1.807, 2.05) is 18.2 Å². The molecule has 14 heavy (non-hydrogen) atoms. The van der Waals surface area contributed by atoms with Crippen LogP contribution in [0.15, 0.2) is 18.2 Å². The second-order valence-corrected chi connectivity index (χ2v) is 3.22. The molecule has 0 aliphatic heterocycles. The van der Waals surface area contributed by atoms with Crippen LogP contribution in [0, 0.1) is 11.8 Å². The van der Waals surface area contributed by atoms with E-state index in [1.54, 1.807) is 6.92 Å². The topological polar surface area (TPSA) is 46.2 Å². The molecule has 0 aliphatic rings. The maximum Gasteiger partial charge on any atom is 0.112 e. The summed E-state index contributed by atoms with van der Waals surface area (Å²) in [6, 6.07) is 5.82. The van der Waals surface area contributed by atoms with Crippen molar-refractivity contribution in [3.05, 3.63) is 29.3 Å². The first-order valence-electron chi connectivity index (χ1n) is 4.71. The minimum atomic E-state index is -0.611. The van der Waals surface area contributed by atoms with E-state index in [4.69, 9.17) is 10.8 Å². The number of hydrogen-bond acceptors (Lipinski definition) is 2. The van der Waals surface area contributed by atoms with Gasteiger partial charge in [0.15, 0.2) is 0 Å². The maximum absolute atomic E-state index is 8.99. The Morgan fingerprint density at radius 2 is 2.21 bits per heavy atom. The summed E-state index contributed by atoms with van der Waals surface area (Å²) in [4.78, 5) is 0.